The minimum atomic E-state index is -0.551. The van der Waals surface area contributed by atoms with Crippen molar-refractivity contribution in [2.45, 2.75) is 43.1 Å². The summed E-state index contributed by atoms with van der Waals surface area (Å²) in [5, 5.41) is 2.34. The number of carbonyl (C=O) groups excluding carboxylic acids is 3. The van der Waals surface area contributed by atoms with Crippen molar-refractivity contribution in [3.05, 3.63) is 29.3 Å². The number of anilines is 1. The average molecular weight is 406 g/mol. The first-order valence-electron chi connectivity index (χ1n) is 8.69. The largest absolute Gasteiger partial charge is 0.371 e. The Morgan fingerprint density at radius 2 is 1.84 bits per heavy atom. The third kappa shape index (κ3) is 3.05. The number of hydrogen-bond donors (Lipinski definition) is 1. The van der Waals surface area contributed by atoms with Crippen molar-refractivity contribution in [3.8, 4) is 0 Å². The Morgan fingerprint density at radius 1 is 1.08 bits per heavy atom. The standard InChI is InChI=1S/C18H20BrN3O3/c19-12-5-7-21(8-6-12)13-1-2-14-11(9-13)10-22(18(14)25)15-3-4-16(23)20-17(15)24/h1-2,9,12,15H,3-8,10H2,(H,20,23,24). The summed E-state index contributed by atoms with van der Waals surface area (Å²) < 4.78 is 0. The molecule has 0 aliphatic carbocycles. The first-order chi connectivity index (χ1) is 12.0. The number of alkyl halides is 1. The number of halogens is 1. The lowest BCUT2D eigenvalue weighted by Crippen LogP contribution is -2.52. The Bertz CT molecular complexity index is 743. The Kier molecular flexibility index (Phi) is 4.27. The van der Waals surface area contributed by atoms with Gasteiger partial charge in [0, 0.05) is 42.1 Å². The summed E-state index contributed by atoms with van der Waals surface area (Å²) >= 11 is 3.67. The second kappa shape index (κ2) is 6.44. The van der Waals surface area contributed by atoms with Gasteiger partial charge in [-0.3, -0.25) is 19.7 Å². The van der Waals surface area contributed by atoms with Crippen molar-refractivity contribution in [3.63, 3.8) is 0 Å². The van der Waals surface area contributed by atoms with Crippen LogP contribution in [0.15, 0.2) is 18.2 Å². The molecule has 2 fully saturated rings. The van der Waals surface area contributed by atoms with E-state index < -0.39 is 6.04 Å². The van der Waals surface area contributed by atoms with Crippen LogP contribution in [0.2, 0.25) is 0 Å². The molecule has 132 valence electrons. The Labute approximate surface area is 154 Å². The van der Waals surface area contributed by atoms with Gasteiger partial charge in [0.1, 0.15) is 6.04 Å². The quantitative estimate of drug-likeness (QED) is 0.601. The van der Waals surface area contributed by atoms with E-state index in [1.54, 1.807) is 4.90 Å². The van der Waals surface area contributed by atoms with Gasteiger partial charge in [-0.1, -0.05) is 15.9 Å². The van der Waals surface area contributed by atoms with Crippen LogP contribution in [0, 0.1) is 0 Å². The van der Waals surface area contributed by atoms with Crippen LogP contribution in [-0.4, -0.2) is 46.6 Å². The van der Waals surface area contributed by atoms with Gasteiger partial charge < -0.3 is 9.80 Å². The maximum absolute atomic E-state index is 12.7. The van der Waals surface area contributed by atoms with E-state index in [9.17, 15) is 14.4 Å². The molecule has 2 saturated heterocycles. The molecule has 6 nitrogen and oxygen atoms in total. The van der Waals surface area contributed by atoms with Crippen LogP contribution >= 0.6 is 15.9 Å². The molecule has 3 aliphatic rings. The van der Waals surface area contributed by atoms with Gasteiger partial charge in [-0.2, -0.15) is 0 Å². The third-order valence-electron chi connectivity index (χ3n) is 5.30. The van der Waals surface area contributed by atoms with Crippen LogP contribution in [-0.2, 0) is 16.1 Å². The molecule has 0 aromatic heterocycles. The molecule has 0 spiro atoms. The fourth-order valence-corrected chi connectivity index (χ4v) is 4.27. The van der Waals surface area contributed by atoms with Gasteiger partial charge in [0.25, 0.3) is 5.91 Å². The van der Waals surface area contributed by atoms with Crippen molar-refractivity contribution in [1.82, 2.24) is 10.2 Å². The summed E-state index contributed by atoms with van der Waals surface area (Å²) in [5.74, 6) is -0.741. The number of hydrogen-bond acceptors (Lipinski definition) is 4. The Hall–Kier alpha value is -1.89. The molecule has 3 amide bonds. The molecular weight excluding hydrogens is 386 g/mol. The molecule has 3 heterocycles. The van der Waals surface area contributed by atoms with E-state index in [1.807, 2.05) is 12.1 Å². The molecule has 4 rings (SSSR count). The zero-order chi connectivity index (χ0) is 17.6. The number of imide groups is 1. The van der Waals surface area contributed by atoms with Crippen LogP contribution in [0.25, 0.3) is 0 Å². The smallest absolute Gasteiger partial charge is 0.255 e. The lowest BCUT2D eigenvalue weighted by Gasteiger charge is -2.31. The molecule has 1 atom stereocenters. The van der Waals surface area contributed by atoms with E-state index in [2.05, 4.69) is 32.2 Å². The number of rotatable bonds is 2. The van der Waals surface area contributed by atoms with E-state index in [-0.39, 0.29) is 24.1 Å². The van der Waals surface area contributed by atoms with Crippen molar-refractivity contribution in [2.75, 3.05) is 18.0 Å². The van der Waals surface area contributed by atoms with Crippen LogP contribution in [0.3, 0.4) is 0 Å². The number of carbonyl (C=O) groups is 3. The molecule has 1 aromatic rings. The summed E-state index contributed by atoms with van der Waals surface area (Å²) in [4.78, 5) is 40.7. The van der Waals surface area contributed by atoms with Gasteiger partial charge >= 0.3 is 0 Å². The molecule has 1 N–H and O–H groups in total. The molecule has 3 aliphatic heterocycles. The summed E-state index contributed by atoms with van der Waals surface area (Å²) in [7, 11) is 0. The van der Waals surface area contributed by atoms with Crippen molar-refractivity contribution < 1.29 is 14.4 Å². The van der Waals surface area contributed by atoms with E-state index in [1.165, 1.54) is 0 Å². The van der Waals surface area contributed by atoms with Gasteiger partial charge in [0.15, 0.2) is 0 Å². The minimum absolute atomic E-state index is 0.116. The highest BCUT2D eigenvalue weighted by Gasteiger charge is 2.39. The van der Waals surface area contributed by atoms with Crippen molar-refractivity contribution >= 4 is 39.3 Å². The normalized spacial score (nSPS) is 24.5. The molecule has 1 unspecified atom stereocenters. The summed E-state index contributed by atoms with van der Waals surface area (Å²) in [5.41, 5.74) is 2.77. The maximum Gasteiger partial charge on any atom is 0.255 e. The monoisotopic (exact) mass is 405 g/mol. The van der Waals surface area contributed by atoms with Crippen LogP contribution in [0.1, 0.15) is 41.6 Å². The van der Waals surface area contributed by atoms with E-state index in [0.717, 1.165) is 37.2 Å². The lowest BCUT2D eigenvalue weighted by atomic mass is 10.0. The van der Waals surface area contributed by atoms with Crippen LogP contribution in [0.5, 0.6) is 0 Å². The predicted octanol–water partition coefficient (Wildman–Crippen LogP) is 1.81. The zero-order valence-corrected chi connectivity index (χ0v) is 15.4. The van der Waals surface area contributed by atoms with Crippen LogP contribution < -0.4 is 10.2 Å². The number of fused-ring (bicyclic) bond motifs is 1. The zero-order valence-electron chi connectivity index (χ0n) is 13.8. The van der Waals surface area contributed by atoms with Crippen LogP contribution in [0.4, 0.5) is 5.69 Å². The highest BCUT2D eigenvalue weighted by atomic mass is 79.9. The topological polar surface area (TPSA) is 69.7 Å². The predicted molar refractivity (Wildman–Crippen MR) is 96.6 cm³/mol. The second-order valence-corrected chi connectivity index (χ2v) is 8.20. The highest BCUT2D eigenvalue weighted by Crippen LogP contribution is 2.31. The fraction of sp³-hybridized carbons (Fsp3) is 0.500. The number of amides is 3. The highest BCUT2D eigenvalue weighted by molar-refractivity contribution is 9.09. The molecule has 0 bridgehead atoms. The Morgan fingerprint density at radius 3 is 2.56 bits per heavy atom. The summed E-state index contributed by atoms with van der Waals surface area (Å²) in [6, 6.07) is 5.40. The average Bonchev–Trinajstić information content (AvgIpc) is 2.92. The molecule has 0 radical (unpaired) electrons. The summed E-state index contributed by atoms with van der Waals surface area (Å²) in [6.45, 7) is 2.43. The first-order valence-corrected chi connectivity index (χ1v) is 9.61. The van der Waals surface area contributed by atoms with Gasteiger partial charge in [-0.15, -0.1) is 0 Å². The fourth-order valence-electron chi connectivity index (χ4n) is 3.86. The first kappa shape index (κ1) is 16.6. The second-order valence-electron chi connectivity index (χ2n) is 6.90. The molecule has 0 saturated carbocycles. The molecular formula is C18H20BrN3O3. The number of nitrogens with zero attached hydrogens (tertiary/aromatic N) is 2. The molecule has 7 heteroatoms. The SMILES string of the molecule is O=C1CCC(N2Cc3cc(N4CCC(Br)CC4)ccc3C2=O)C(=O)N1. The number of nitrogens with one attached hydrogen (secondary N) is 1. The number of benzene rings is 1. The molecule has 1 aromatic carbocycles. The third-order valence-corrected chi connectivity index (χ3v) is 6.21. The van der Waals surface area contributed by atoms with Gasteiger partial charge in [-0.25, -0.2) is 0 Å². The maximum atomic E-state index is 12.7. The van der Waals surface area contributed by atoms with Crippen molar-refractivity contribution in [2.24, 2.45) is 0 Å². The summed E-state index contributed by atoms with van der Waals surface area (Å²) in [6.07, 6.45) is 2.90. The number of piperidine rings is 2. The van der Waals surface area contributed by atoms with Gasteiger partial charge in [0.05, 0.1) is 0 Å². The van der Waals surface area contributed by atoms with Crippen molar-refractivity contribution in [1.29, 1.82) is 0 Å². The van der Waals surface area contributed by atoms with E-state index in [0.29, 0.717) is 23.4 Å². The van der Waals surface area contributed by atoms with Gasteiger partial charge in [0.2, 0.25) is 11.8 Å². The van der Waals surface area contributed by atoms with Gasteiger partial charge in [-0.05, 0) is 43.0 Å². The van der Waals surface area contributed by atoms with E-state index in [4.69, 9.17) is 0 Å². The Balaban J connectivity index is 1.53. The molecule has 25 heavy (non-hydrogen) atoms. The minimum Gasteiger partial charge on any atom is -0.371 e. The van der Waals surface area contributed by atoms with E-state index >= 15 is 0 Å². The lowest BCUT2D eigenvalue weighted by molar-refractivity contribution is -0.136.